The number of pyridine rings is 1. The van der Waals surface area contributed by atoms with Crippen molar-refractivity contribution in [3.63, 3.8) is 0 Å². The van der Waals surface area contributed by atoms with Gasteiger partial charge in [-0.3, -0.25) is 9.59 Å². The summed E-state index contributed by atoms with van der Waals surface area (Å²) in [6, 6.07) is 21.4. The molecule has 0 bridgehead atoms. The van der Waals surface area contributed by atoms with Crippen molar-refractivity contribution < 1.29 is 14.3 Å². The summed E-state index contributed by atoms with van der Waals surface area (Å²) >= 11 is 0. The molecule has 2 amide bonds. The van der Waals surface area contributed by atoms with Gasteiger partial charge in [0.15, 0.2) is 0 Å². The van der Waals surface area contributed by atoms with E-state index in [9.17, 15) is 9.59 Å². The van der Waals surface area contributed by atoms with Crippen LogP contribution >= 0.6 is 0 Å². The van der Waals surface area contributed by atoms with Crippen LogP contribution in [0.4, 0.5) is 0 Å². The Bertz CT molecular complexity index is 991. The molecular formula is C25H27N3O3. The molecule has 3 aromatic rings. The third kappa shape index (κ3) is 6.67. The van der Waals surface area contributed by atoms with Crippen molar-refractivity contribution in [1.29, 1.82) is 0 Å². The van der Waals surface area contributed by atoms with E-state index in [2.05, 4.69) is 15.6 Å². The van der Waals surface area contributed by atoms with Crippen LogP contribution in [0, 0.1) is 0 Å². The lowest BCUT2D eigenvalue weighted by Gasteiger charge is -2.19. The summed E-state index contributed by atoms with van der Waals surface area (Å²) in [5, 5.41) is 5.78. The zero-order chi connectivity index (χ0) is 22.1. The van der Waals surface area contributed by atoms with Gasteiger partial charge in [0.2, 0.25) is 11.8 Å². The first kappa shape index (κ1) is 22.0. The fraction of sp³-hybridized carbons (Fsp3) is 0.240. The van der Waals surface area contributed by atoms with Crippen LogP contribution in [0.1, 0.15) is 35.3 Å². The average molecular weight is 418 g/mol. The van der Waals surface area contributed by atoms with Crippen molar-refractivity contribution >= 4 is 11.8 Å². The van der Waals surface area contributed by atoms with E-state index in [0.717, 1.165) is 11.1 Å². The summed E-state index contributed by atoms with van der Waals surface area (Å²) in [5.41, 5.74) is 2.24. The van der Waals surface area contributed by atoms with Crippen molar-refractivity contribution in [2.24, 2.45) is 0 Å². The molecule has 0 radical (unpaired) electrons. The highest BCUT2D eigenvalue weighted by Crippen LogP contribution is 2.16. The Morgan fingerprint density at radius 1 is 0.935 bits per heavy atom. The molecule has 0 saturated carbocycles. The molecule has 3 rings (SSSR count). The zero-order valence-corrected chi connectivity index (χ0v) is 17.7. The Labute approximate surface area is 182 Å². The van der Waals surface area contributed by atoms with Crippen molar-refractivity contribution in [3.05, 3.63) is 95.7 Å². The van der Waals surface area contributed by atoms with Gasteiger partial charge in [-0.15, -0.1) is 0 Å². The van der Waals surface area contributed by atoms with E-state index in [1.165, 1.54) is 0 Å². The number of hydrogen-bond acceptors (Lipinski definition) is 4. The molecule has 1 heterocycles. The second kappa shape index (κ2) is 10.9. The van der Waals surface area contributed by atoms with Crippen LogP contribution in [0.15, 0.2) is 79.0 Å². The third-order valence-electron chi connectivity index (χ3n) is 4.59. The molecule has 0 saturated heterocycles. The maximum atomic E-state index is 13.0. The molecule has 31 heavy (non-hydrogen) atoms. The first-order valence-corrected chi connectivity index (χ1v) is 10.3. The van der Waals surface area contributed by atoms with Gasteiger partial charge in [-0.2, -0.15) is 0 Å². The number of ether oxygens (including phenoxy) is 1. The fourth-order valence-corrected chi connectivity index (χ4v) is 3.08. The molecule has 0 aliphatic carbocycles. The molecule has 160 valence electrons. The van der Waals surface area contributed by atoms with Gasteiger partial charge in [-0.05, 0) is 37.6 Å². The smallest absolute Gasteiger partial charge is 0.251 e. The fourth-order valence-electron chi connectivity index (χ4n) is 3.08. The van der Waals surface area contributed by atoms with E-state index < -0.39 is 6.04 Å². The molecule has 6 nitrogen and oxygen atoms in total. The van der Waals surface area contributed by atoms with Gasteiger partial charge in [-0.1, -0.05) is 54.6 Å². The number of nitrogens with zero attached hydrogens (tertiary/aromatic N) is 1. The molecule has 2 aromatic carbocycles. The minimum absolute atomic E-state index is 0.0275. The summed E-state index contributed by atoms with van der Waals surface area (Å²) in [6.07, 6.45) is 2.01. The quantitative estimate of drug-likeness (QED) is 0.558. The second-order valence-electron chi connectivity index (χ2n) is 7.43. The summed E-state index contributed by atoms with van der Waals surface area (Å²) in [6.45, 7) is 4.10. The van der Waals surface area contributed by atoms with Gasteiger partial charge >= 0.3 is 0 Å². The van der Waals surface area contributed by atoms with Crippen LogP contribution in [0.2, 0.25) is 0 Å². The lowest BCUT2D eigenvalue weighted by molar-refractivity contribution is -0.123. The predicted octanol–water partition coefficient (Wildman–Crippen LogP) is 3.53. The second-order valence-corrected chi connectivity index (χ2v) is 7.43. The van der Waals surface area contributed by atoms with E-state index in [1.54, 1.807) is 36.5 Å². The van der Waals surface area contributed by atoms with Crippen molar-refractivity contribution in [2.45, 2.75) is 39.0 Å². The standard InChI is InChI=1S/C25H27N3O3/c1-18(2)31-25-21(14-9-15-26-25)17-27-24(30)22(16-19-10-5-3-6-11-19)28-23(29)20-12-7-4-8-13-20/h3-15,18,22H,16-17H2,1-2H3,(H,27,30)(H,28,29). The van der Waals surface area contributed by atoms with Gasteiger partial charge in [0.1, 0.15) is 6.04 Å². The van der Waals surface area contributed by atoms with Crippen LogP contribution < -0.4 is 15.4 Å². The Morgan fingerprint density at radius 2 is 1.61 bits per heavy atom. The first-order chi connectivity index (χ1) is 15.0. The monoisotopic (exact) mass is 417 g/mol. The van der Waals surface area contributed by atoms with Gasteiger partial charge in [0.05, 0.1) is 6.10 Å². The molecule has 2 N–H and O–H groups in total. The number of carbonyl (C=O) groups is 2. The van der Waals surface area contributed by atoms with Crippen LogP contribution in [-0.2, 0) is 17.8 Å². The van der Waals surface area contributed by atoms with E-state index in [-0.39, 0.29) is 24.5 Å². The number of amides is 2. The average Bonchev–Trinajstić information content (AvgIpc) is 2.78. The van der Waals surface area contributed by atoms with Crippen molar-refractivity contribution in [3.8, 4) is 5.88 Å². The van der Waals surface area contributed by atoms with E-state index in [1.807, 2.05) is 56.3 Å². The zero-order valence-electron chi connectivity index (χ0n) is 17.7. The Kier molecular flexibility index (Phi) is 7.76. The summed E-state index contributed by atoms with van der Waals surface area (Å²) < 4.78 is 5.72. The van der Waals surface area contributed by atoms with Crippen LogP contribution in [-0.4, -0.2) is 28.9 Å². The molecule has 0 fully saturated rings. The molecule has 1 unspecified atom stereocenters. The van der Waals surface area contributed by atoms with Crippen LogP contribution in [0.3, 0.4) is 0 Å². The summed E-state index contributed by atoms with van der Waals surface area (Å²) in [7, 11) is 0. The predicted molar refractivity (Wildman–Crippen MR) is 120 cm³/mol. The summed E-state index contributed by atoms with van der Waals surface area (Å²) in [5.74, 6) is -0.0693. The molecule has 0 spiro atoms. The largest absolute Gasteiger partial charge is 0.475 e. The number of rotatable bonds is 9. The van der Waals surface area contributed by atoms with Gasteiger partial charge in [0, 0.05) is 30.3 Å². The lowest BCUT2D eigenvalue weighted by Crippen LogP contribution is -2.47. The molecular weight excluding hydrogens is 390 g/mol. The molecule has 0 aliphatic rings. The van der Waals surface area contributed by atoms with Crippen LogP contribution in [0.5, 0.6) is 5.88 Å². The molecule has 1 atom stereocenters. The number of hydrogen-bond donors (Lipinski definition) is 2. The Morgan fingerprint density at radius 3 is 2.29 bits per heavy atom. The Balaban J connectivity index is 1.72. The third-order valence-corrected chi connectivity index (χ3v) is 4.59. The minimum Gasteiger partial charge on any atom is -0.475 e. The van der Waals surface area contributed by atoms with Gasteiger partial charge in [0.25, 0.3) is 5.91 Å². The highest BCUT2D eigenvalue weighted by Gasteiger charge is 2.22. The minimum atomic E-state index is -0.721. The molecule has 6 heteroatoms. The lowest BCUT2D eigenvalue weighted by atomic mass is 10.0. The van der Waals surface area contributed by atoms with Crippen molar-refractivity contribution in [1.82, 2.24) is 15.6 Å². The van der Waals surface area contributed by atoms with Crippen molar-refractivity contribution in [2.75, 3.05) is 0 Å². The van der Waals surface area contributed by atoms with E-state index >= 15 is 0 Å². The number of benzene rings is 2. The SMILES string of the molecule is CC(C)Oc1ncccc1CNC(=O)C(Cc1ccccc1)NC(=O)c1ccccc1. The van der Waals surface area contributed by atoms with Gasteiger partial charge in [-0.25, -0.2) is 4.98 Å². The maximum Gasteiger partial charge on any atom is 0.251 e. The molecule has 0 aliphatic heterocycles. The van der Waals surface area contributed by atoms with E-state index in [4.69, 9.17) is 4.74 Å². The topological polar surface area (TPSA) is 80.3 Å². The normalized spacial score (nSPS) is 11.6. The van der Waals surface area contributed by atoms with E-state index in [0.29, 0.717) is 17.9 Å². The Hall–Kier alpha value is -3.67. The first-order valence-electron chi connectivity index (χ1n) is 10.3. The number of aromatic nitrogens is 1. The maximum absolute atomic E-state index is 13.0. The van der Waals surface area contributed by atoms with Crippen LogP contribution in [0.25, 0.3) is 0 Å². The summed E-state index contributed by atoms with van der Waals surface area (Å²) in [4.78, 5) is 30.0. The molecule has 1 aromatic heterocycles. The highest BCUT2D eigenvalue weighted by molar-refractivity contribution is 5.97. The number of nitrogens with one attached hydrogen (secondary N) is 2. The highest BCUT2D eigenvalue weighted by atomic mass is 16.5. The number of carbonyl (C=O) groups excluding carboxylic acids is 2. The van der Waals surface area contributed by atoms with Gasteiger partial charge < -0.3 is 15.4 Å².